The molecule has 108 valence electrons. The predicted octanol–water partition coefficient (Wildman–Crippen LogP) is 2.39. The lowest BCUT2D eigenvalue weighted by Gasteiger charge is -2.23. The number of amides is 1. The van der Waals surface area contributed by atoms with Crippen molar-refractivity contribution < 1.29 is 4.79 Å². The summed E-state index contributed by atoms with van der Waals surface area (Å²) >= 11 is 0. The highest BCUT2D eigenvalue weighted by atomic mass is 16.1. The highest BCUT2D eigenvalue weighted by molar-refractivity contribution is 5.78. The molecule has 0 bridgehead atoms. The number of nitrogens with one attached hydrogen (secondary N) is 1. The van der Waals surface area contributed by atoms with Gasteiger partial charge in [-0.05, 0) is 24.9 Å². The van der Waals surface area contributed by atoms with E-state index < -0.39 is 0 Å². The molecule has 1 amide bonds. The number of hydrogen-bond acceptors (Lipinski definition) is 2. The lowest BCUT2D eigenvalue weighted by molar-refractivity contribution is -0.121. The van der Waals surface area contributed by atoms with E-state index in [1.165, 1.54) is 12.8 Å². The Morgan fingerprint density at radius 2 is 2.15 bits per heavy atom. The van der Waals surface area contributed by atoms with Gasteiger partial charge in [0, 0.05) is 19.1 Å². The normalized spacial score (nSPS) is 20.1. The minimum Gasteiger partial charge on any atom is -0.352 e. The molecule has 3 heteroatoms. The summed E-state index contributed by atoms with van der Waals surface area (Å²) in [6.45, 7) is 6.75. The minimum absolute atomic E-state index is 0.127. The van der Waals surface area contributed by atoms with Gasteiger partial charge in [0.25, 0.3) is 0 Å². The maximum Gasteiger partial charge on any atom is 0.224 e. The van der Waals surface area contributed by atoms with E-state index >= 15 is 0 Å². The molecule has 0 aliphatic carbocycles. The van der Waals surface area contributed by atoms with Crippen molar-refractivity contribution in [2.75, 3.05) is 19.6 Å². The molecule has 20 heavy (non-hydrogen) atoms. The average Bonchev–Trinajstić information content (AvgIpc) is 2.65. The zero-order valence-electron chi connectivity index (χ0n) is 12.1. The standard InChI is InChI=1S/C17H24N2O/c1-2-11-19-12-7-6-10-16(14-19)18-17(20)13-15-8-4-3-5-9-15/h2-5,8-9,16H,1,6-7,10-14H2,(H,18,20). The molecular formula is C17H24N2O. The number of rotatable bonds is 5. The van der Waals surface area contributed by atoms with Gasteiger partial charge in [-0.1, -0.05) is 42.8 Å². The Morgan fingerprint density at radius 3 is 2.90 bits per heavy atom. The van der Waals surface area contributed by atoms with E-state index in [4.69, 9.17) is 0 Å². The molecule has 3 nitrogen and oxygen atoms in total. The van der Waals surface area contributed by atoms with Crippen molar-refractivity contribution in [2.45, 2.75) is 31.7 Å². The van der Waals surface area contributed by atoms with Crippen LogP contribution < -0.4 is 5.32 Å². The number of likely N-dealkylation sites (tertiary alicyclic amines) is 1. The van der Waals surface area contributed by atoms with Gasteiger partial charge in [-0.25, -0.2) is 0 Å². The van der Waals surface area contributed by atoms with Crippen LogP contribution in [0.1, 0.15) is 24.8 Å². The van der Waals surface area contributed by atoms with Crippen molar-refractivity contribution in [2.24, 2.45) is 0 Å². The van der Waals surface area contributed by atoms with Crippen LogP contribution in [0.5, 0.6) is 0 Å². The second-order valence-electron chi connectivity index (χ2n) is 5.47. The Labute approximate surface area is 121 Å². The molecule has 0 saturated carbocycles. The molecule has 1 aliphatic rings. The van der Waals surface area contributed by atoms with Gasteiger partial charge in [-0.3, -0.25) is 9.69 Å². The van der Waals surface area contributed by atoms with Gasteiger partial charge in [0.15, 0.2) is 0 Å². The lowest BCUT2D eigenvalue weighted by atomic mass is 10.1. The van der Waals surface area contributed by atoms with Gasteiger partial charge in [0.1, 0.15) is 0 Å². The van der Waals surface area contributed by atoms with Crippen LogP contribution in [0.25, 0.3) is 0 Å². The first-order chi connectivity index (χ1) is 9.78. The molecule has 1 unspecified atom stereocenters. The molecular weight excluding hydrogens is 248 g/mol. The van der Waals surface area contributed by atoms with Gasteiger partial charge < -0.3 is 5.32 Å². The van der Waals surface area contributed by atoms with E-state index in [1.54, 1.807) is 0 Å². The van der Waals surface area contributed by atoms with Gasteiger partial charge in [-0.2, -0.15) is 0 Å². The zero-order chi connectivity index (χ0) is 14.2. The summed E-state index contributed by atoms with van der Waals surface area (Å²) in [6.07, 6.45) is 5.88. The summed E-state index contributed by atoms with van der Waals surface area (Å²) in [7, 11) is 0. The zero-order valence-corrected chi connectivity index (χ0v) is 12.1. The highest BCUT2D eigenvalue weighted by Crippen LogP contribution is 2.11. The summed E-state index contributed by atoms with van der Waals surface area (Å²) in [5.74, 6) is 0.127. The van der Waals surface area contributed by atoms with Crippen LogP contribution in [0.4, 0.5) is 0 Å². The largest absolute Gasteiger partial charge is 0.352 e. The van der Waals surface area contributed by atoms with Crippen LogP contribution in [-0.2, 0) is 11.2 Å². The number of carbonyl (C=O) groups excluding carboxylic acids is 1. The van der Waals surface area contributed by atoms with E-state index in [9.17, 15) is 4.79 Å². The second-order valence-corrected chi connectivity index (χ2v) is 5.47. The van der Waals surface area contributed by atoms with Crippen molar-refractivity contribution >= 4 is 5.91 Å². The molecule has 1 aromatic carbocycles. The maximum absolute atomic E-state index is 12.1. The van der Waals surface area contributed by atoms with Crippen LogP contribution in [-0.4, -0.2) is 36.5 Å². The summed E-state index contributed by atoms with van der Waals surface area (Å²) in [5, 5.41) is 3.18. The fraction of sp³-hybridized carbons (Fsp3) is 0.471. The monoisotopic (exact) mass is 272 g/mol. The SMILES string of the molecule is C=CCN1CCCCC(NC(=O)Cc2ccccc2)C1. The molecule has 0 radical (unpaired) electrons. The van der Waals surface area contributed by atoms with E-state index in [2.05, 4.69) is 16.8 Å². The molecule has 1 saturated heterocycles. The molecule has 0 spiro atoms. The van der Waals surface area contributed by atoms with E-state index in [-0.39, 0.29) is 11.9 Å². The Balaban J connectivity index is 1.84. The molecule has 0 aromatic heterocycles. The number of hydrogen-bond donors (Lipinski definition) is 1. The van der Waals surface area contributed by atoms with Crippen molar-refractivity contribution in [3.63, 3.8) is 0 Å². The summed E-state index contributed by atoms with van der Waals surface area (Å²) in [5.41, 5.74) is 1.07. The quantitative estimate of drug-likeness (QED) is 0.835. The Bertz CT molecular complexity index is 430. The first-order valence-electron chi connectivity index (χ1n) is 7.44. The van der Waals surface area contributed by atoms with Gasteiger partial charge >= 0.3 is 0 Å². The van der Waals surface area contributed by atoms with Crippen LogP contribution in [0.3, 0.4) is 0 Å². The Kier molecular flexibility index (Phi) is 5.81. The maximum atomic E-state index is 12.1. The molecule has 1 heterocycles. The van der Waals surface area contributed by atoms with E-state index in [0.29, 0.717) is 6.42 Å². The third kappa shape index (κ3) is 4.82. The van der Waals surface area contributed by atoms with Crippen LogP contribution >= 0.6 is 0 Å². The predicted molar refractivity (Wildman–Crippen MR) is 82.6 cm³/mol. The molecule has 1 aliphatic heterocycles. The topological polar surface area (TPSA) is 32.3 Å². The molecule has 1 atom stereocenters. The van der Waals surface area contributed by atoms with Crippen LogP contribution in [0.15, 0.2) is 43.0 Å². The Morgan fingerprint density at radius 1 is 1.35 bits per heavy atom. The highest BCUT2D eigenvalue weighted by Gasteiger charge is 2.18. The molecule has 1 N–H and O–H groups in total. The number of nitrogens with zero attached hydrogens (tertiary/aromatic N) is 1. The van der Waals surface area contributed by atoms with Crippen molar-refractivity contribution in [3.05, 3.63) is 48.6 Å². The van der Waals surface area contributed by atoms with Gasteiger partial charge in [0.2, 0.25) is 5.91 Å². The molecule has 1 aromatic rings. The third-order valence-electron chi connectivity index (χ3n) is 3.72. The molecule has 2 rings (SSSR count). The molecule has 1 fully saturated rings. The average molecular weight is 272 g/mol. The lowest BCUT2D eigenvalue weighted by Crippen LogP contribution is -2.43. The minimum atomic E-state index is 0.127. The van der Waals surface area contributed by atoms with Gasteiger partial charge in [-0.15, -0.1) is 6.58 Å². The first kappa shape index (κ1) is 14.8. The van der Waals surface area contributed by atoms with Crippen molar-refractivity contribution in [1.29, 1.82) is 0 Å². The summed E-state index contributed by atoms with van der Waals surface area (Å²) in [6, 6.07) is 10.2. The van der Waals surface area contributed by atoms with Crippen molar-refractivity contribution in [3.8, 4) is 0 Å². The van der Waals surface area contributed by atoms with E-state index in [0.717, 1.165) is 31.6 Å². The fourth-order valence-corrected chi connectivity index (χ4v) is 2.75. The number of benzene rings is 1. The number of carbonyl (C=O) groups is 1. The smallest absolute Gasteiger partial charge is 0.224 e. The summed E-state index contributed by atoms with van der Waals surface area (Å²) in [4.78, 5) is 14.5. The fourth-order valence-electron chi connectivity index (χ4n) is 2.75. The van der Waals surface area contributed by atoms with Crippen LogP contribution in [0, 0.1) is 0 Å². The Hall–Kier alpha value is -1.61. The summed E-state index contributed by atoms with van der Waals surface area (Å²) < 4.78 is 0. The van der Waals surface area contributed by atoms with Crippen LogP contribution in [0.2, 0.25) is 0 Å². The second kappa shape index (κ2) is 7.85. The van der Waals surface area contributed by atoms with Gasteiger partial charge in [0.05, 0.1) is 6.42 Å². The van der Waals surface area contributed by atoms with Crippen molar-refractivity contribution in [1.82, 2.24) is 10.2 Å². The van der Waals surface area contributed by atoms with E-state index in [1.807, 2.05) is 36.4 Å². The third-order valence-corrected chi connectivity index (χ3v) is 3.72. The first-order valence-corrected chi connectivity index (χ1v) is 7.44.